The second-order valence-electron chi connectivity index (χ2n) is 2.72. The summed E-state index contributed by atoms with van der Waals surface area (Å²) in [7, 11) is 4.04. The van der Waals surface area contributed by atoms with Crippen molar-refractivity contribution in [3.63, 3.8) is 0 Å². The van der Waals surface area contributed by atoms with Crippen molar-refractivity contribution in [2.24, 2.45) is 0 Å². The second-order valence-corrected chi connectivity index (χ2v) is 3.11. The first-order chi connectivity index (χ1) is 5.18. The van der Waals surface area contributed by atoms with Crippen LogP contribution in [0.4, 0.5) is 0 Å². The predicted octanol–water partition coefficient (Wildman–Crippen LogP) is 1.80. The lowest BCUT2D eigenvalue weighted by Crippen LogP contribution is -2.10. The van der Waals surface area contributed by atoms with Crippen LogP contribution in [0.1, 0.15) is 5.56 Å². The van der Waals surface area contributed by atoms with Gasteiger partial charge in [-0.25, -0.2) is 4.98 Å². The van der Waals surface area contributed by atoms with Gasteiger partial charge in [0.25, 0.3) is 0 Å². The highest BCUT2D eigenvalue weighted by molar-refractivity contribution is 6.29. The van der Waals surface area contributed by atoms with Crippen LogP contribution in [0.15, 0.2) is 18.3 Å². The Morgan fingerprint density at radius 2 is 2.27 bits per heavy atom. The maximum Gasteiger partial charge on any atom is 0.129 e. The first-order valence-corrected chi connectivity index (χ1v) is 3.81. The van der Waals surface area contributed by atoms with Gasteiger partial charge in [-0.05, 0) is 31.8 Å². The molecular weight excluding hydrogens is 160 g/mol. The zero-order valence-corrected chi connectivity index (χ0v) is 7.47. The Kier molecular flexibility index (Phi) is 2.85. The fourth-order valence-corrected chi connectivity index (χ4v) is 1.10. The molecule has 2 nitrogen and oxygen atoms in total. The lowest BCUT2D eigenvalue weighted by atomic mass is 10.2. The maximum absolute atomic E-state index is 5.70. The zero-order valence-electron chi connectivity index (χ0n) is 6.71. The monoisotopic (exact) mass is 170 g/mol. The van der Waals surface area contributed by atoms with Crippen molar-refractivity contribution in [2.45, 2.75) is 6.54 Å². The van der Waals surface area contributed by atoms with Gasteiger partial charge in [0.15, 0.2) is 0 Å². The molecule has 0 atom stereocenters. The summed E-state index contributed by atoms with van der Waals surface area (Å²) in [5.74, 6) is 0. The molecule has 0 saturated carbocycles. The molecule has 0 N–H and O–H groups in total. The van der Waals surface area contributed by atoms with Crippen molar-refractivity contribution in [3.05, 3.63) is 29.0 Å². The molecule has 0 aliphatic heterocycles. The summed E-state index contributed by atoms with van der Waals surface area (Å²) in [6.45, 7) is 0.905. The zero-order chi connectivity index (χ0) is 8.27. The van der Waals surface area contributed by atoms with E-state index in [4.69, 9.17) is 11.6 Å². The molecule has 0 spiro atoms. The first-order valence-electron chi connectivity index (χ1n) is 3.43. The van der Waals surface area contributed by atoms with Crippen molar-refractivity contribution < 1.29 is 0 Å². The minimum atomic E-state index is 0.560. The molecule has 0 amide bonds. The van der Waals surface area contributed by atoms with Crippen LogP contribution in [0, 0.1) is 0 Å². The fraction of sp³-hybridized carbons (Fsp3) is 0.375. The molecule has 0 aromatic carbocycles. The molecule has 0 saturated heterocycles. The molecule has 60 valence electrons. The quantitative estimate of drug-likeness (QED) is 0.630. The number of pyridine rings is 1. The van der Waals surface area contributed by atoms with Crippen LogP contribution in [0.5, 0.6) is 0 Å². The lowest BCUT2D eigenvalue weighted by molar-refractivity contribution is 0.402. The lowest BCUT2D eigenvalue weighted by Gasteiger charge is -2.08. The van der Waals surface area contributed by atoms with Gasteiger partial charge < -0.3 is 4.90 Å². The minimum absolute atomic E-state index is 0.560. The van der Waals surface area contributed by atoms with Crippen molar-refractivity contribution >= 4 is 11.6 Å². The van der Waals surface area contributed by atoms with Gasteiger partial charge in [-0.3, -0.25) is 0 Å². The van der Waals surface area contributed by atoms with Crippen LogP contribution >= 0.6 is 11.6 Å². The van der Waals surface area contributed by atoms with Gasteiger partial charge in [-0.15, -0.1) is 0 Å². The fourth-order valence-electron chi connectivity index (χ4n) is 0.906. The molecular formula is C8H11ClN2. The van der Waals surface area contributed by atoms with Gasteiger partial charge in [0.2, 0.25) is 0 Å². The van der Waals surface area contributed by atoms with Crippen LogP contribution in [-0.4, -0.2) is 24.0 Å². The molecule has 11 heavy (non-hydrogen) atoms. The summed E-state index contributed by atoms with van der Waals surface area (Å²) in [5.41, 5.74) is 1.19. The molecule has 1 heterocycles. The number of rotatable bonds is 2. The Balaban J connectivity index is 2.71. The molecule has 1 rings (SSSR count). The van der Waals surface area contributed by atoms with E-state index in [1.54, 1.807) is 6.20 Å². The third-order valence-corrected chi connectivity index (χ3v) is 1.50. The Labute approximate surface area is 71.8 Å². The summed E-state index contributed by atoms with van der Waals surface area (Å²) >= 11 is 5.70. The van der Waals surface area contributed by atoms with E-state index in [1.807, 2.05) is 26.2 Å². The number of hydrogen-bond acceptors (Lipinski definition) is 2. The van der Waals surface area contributed by atoms with E-state index >= 15 is 0 Å². The molecule has 3 heteroatoms. The molecule has 0 fully saturated rings. The Morgan fingerprint density at radius 3 is 2.82 bits per heavy atom. The topological polar surface area (TPSA) is 16.1 Å². The Hall–Kier alpha value is -0.600. The summed E-state index contributed by atoms with van der Waals surface area (Å²) in [6.07, 6.45) is 1.72. The standard InChI is InChI=1S/C8H11ClN2/c1-11(2)6-7-3-4-10-8(9)5-7/h3-5H,6H2,1-2H3. The van der Waals surface area contributed by atoms with E-state index < -0.39 is 0 Å². The van der Waals surface area contributed by atoms with Crippen molar-refractivity contribution in [1.29, 1.82) is 0 Å². The van der Waals surface area contributed by atoms with Crippen LogP contribution in [0.3, 0.4) is 0 Å². The van der Waals surface area contributed by atoms with Crippen LogP contribution in [-0.2, 0) is 6.54 Å². The summed E-state index contributed by atoms with van der Waals surface area (Å²) in [5, 5.41) is 0.560. The number of nitrogens with zero attached hydrogens (tertiary/aromatic N) is 2. The normalized spacial score (nSPS) is 10.5. The molecule has 1 aromatic heterocycles. The highest BCUT2D eigenvalue weighted by Crippen LogP contribution is 2.07. The molecule has 0 aliphatic rings. The summed E-state index contributed by atoms with van der Waals surface area (Å²) in [4.78, 5) is 5.98. The SMILES string of the molecule is CN(C)Cc1ccnc(Cl)c1. The Bertz CT molecular complexity index is 235. The van der Waals surface area contributed by atoms with E-state index in [0.717, 1.165) is 6.54 Å². The average Bonchev–Trinajstić information content (AvgIpc) is 1.85. The van der Waals surface area contributed by atoms with Crippen molar-refractivity contribution in [1.82, 2.24) is 9.88 Å². The van der Waals surface area contributed by atoms with Gasteiger partial charge >= 0.3 is 0 Å². The van der Waals surface area contributed by atoms with E-state index in [-0.39, 0.29) is 0 Å². The van der Waals surface area contributed by atoms with Crippen LogP contribution in [0.25, 0.3) is 0 Å². The molecule has 0 unspecified atom stereocenters. The maximum atomic E-state index is 5.70. The van der Waals surface area contributed by atoms with E-state index in [2.05, 4.69) is 9.88 Å². The summed E-state index contributed by atoms with van der Waals surface area (Å²) in [6, 6.07) is 3.84. The number of aromatic nitrogens is 1. The third-order valence-electron chi connectivity index (χ3n) is 1.29. The second kappa shape index (κ2) is 3.69. The molecule has 0 radical (unpaired) electrons. The van der Waals surface area contributed by atoms with Gasteiger partial charge in [0, 0.05) is 12.7 Å². The largest absolute Gasteiger partial charge is 0.305 e. The predicted molar refractivity (Wildman–Crippen MR) is 46.6 cm³/mol. The molecule has 1 aromatic rings. The Morgan fingerprint density at radius 1 is 1.55 bits per heavy atom. The van der Waals surface area contributed by atoms with Gasteiger partial charge in [0.05, 0.1) is 0 Å². The smallest absolute Gasteiger partial charge is 0.129 e. The van der Waals surface area contributed by atoms with Gasteiger partial charge in [-0.2, -0.15) is 0 Å². The highest BCUT2D eigenvalue weighted by Gasteiger charge is 1.95. The van der Waals surface area contributed by atoms with Crippen LogP contribution < -0.4 is 0 Å². The van der Waals surface area contributed by atoms with E-state index in [9.17, 15) is 0 Å². The van der Waals surface area contributed by atoms with Crippen molar-refractivity contribution in [3.8, 4) is 0 Å². The van der Waals surface area contributed by atoms with Crippen molar-refractivity contribution in [2.75, 3.05) is 14.1 Å². The average molecular weight is 171 g/mol. The minimum Gasteiger partial charge on any atom is -0.305 e. The van der Waals surface area contributed by atoms with Gasteiger partial charge in [-0.1, -0.05) is 11.6 Å². The number of halogens is 1. The van der Waals surface area contributed by atoms with Gasteiger partial charge in [0.1, 0.15) is 5.15 Å². The highest BCUT2D eigenvalue weighted by atomic mass is 35.5. The number of hydrogen-bond donors (Lipinski definition) is 0. The summed E-state index contributed by atoms with van der Waals surface area (Å²) < 4.78 is 0. The molecule has 0 bridgehead atoms. The third kappa shape index (κ3) is 2.87. The van der Waals surface area contributed by atoms with E-state index in [0.29, 0.717) is 5.15 Å². The molecule has 0 aliphatic carbocycles. The van der Waals surface area contributed by atoms with E-state index in [1.165, 1.54) is 5.56 Å². The first kappa shape index (κ1) is 8.50. The van der Waals surface area contributed by atoms with Crippen LogP contribution in [0.2, 0.25) is 5.15 Å².